The molecule has 4 aliphatic rings. The number of hydrogen-bond donors (Lipinski definition) is 0. The zero-order valence-electron chi connectivity index (χ0n) is 26.1. The minimum atomic E-state index is 0.217. The summed E-state index contributed by atoms with van der Waals surface area (Å²) >= 11 is 0. The standard InChI is InChI=1S/C36H66O2/c1-5-29-7-15-33(16-8-29)35-19-11-31(12-20-35)23-25-37-27(3)28(4)38-26-24-32-13-21-36(22-14-32)34-17-9-30(6-2)10-18-34/h27-36H,5-26H2,1-4H3. The van der Waals surface area contributed by atoms with Crippen LogP contribution in [-0.2, 0) is 9.47 Å². The van der Waals surface area contributed by atoms with Gasteiger partial charge in [0.25, 0.3) is 0 Å². The Balaban J connectivity index is 1.00. The Hall–Kier alpha value is -0.0800. The van der Waals surface area contributed by atoms with Crippen molar-refractivity contribution in [2.24, 2.45) is 47.3 Å². The first kappa shape index (κ1) is 30.9. The van der Waals surface area contributed by atoms with Crippen LogP contribution in [0.25, 0.3) is 0 Å². The van der Waals surface area contributed by atoms with Gasteiger partial charge < -0.3 is 9.47 Å². The third-order valence-electron chi connectivity index (χ3n) is 12.5. The summed E-state index contributed by atoms with van der Waals surface area (Å²) in [6, 6.07) is 0. The van der Waals surface area contributed by atoms with Gasteiger partial charge in [-0.15, -0.1) is 0 Å². The Bertz CT molecular complexity index is 547. The van der Waals surface area contributed by atoms with E-state index in [-0.39, 0.29) is 12.2 Å². The fraction of sp³-hybridized carbons (Fsp3) is 1.00. The van der Waals surface area contributed by atoms with Gasteiger partial charge in [0.05, 0.1) is 12.2 Å². The fourth-order valence-corrected chi connectivity index (χ4v) is 9.14. The second kappa shape index (κ2) is 16.4. The van der Waals surface area contributed by atoms with Gasteiger partial charge in [-0.1, -0.05) is 78.1 Å². The summed E-state index contributed by atoms with van der Waals surface area (Å²) in [5.41, 5.74) is 0. The molecule has 0 N–H and O–H groups in total. The molecule has 0 amide bonds. The summed E-state index contributed by atoms with van der Waals surface area (Å²) in [5.74, 6) is 8.04. The van der Waals surface area contributed by atoms with Gasteiger partial charge >= 0.3 is 0 Å². The number of rotatable bonds is 13. The molecule has 2 heteroatoms. The second-order valence-electron chi connectivity index (χ2n) is 14.7. The van der Waals surface area contributed by atoms with Crippen LogP contribution in [0.1, 0.15) is 156 Å². The zero-order valence-corrected chi connectivity index (χ0v) is 26.1. The first-order valence-corrected chi connectivity index (χ1v) is 17.8. The number of ether oxygens (including phenoxy) is 2. The Morgan fingerprint density at radius 2 is 0.684 bits per heavy atom. The molecule has 0 aromatic rings. The van der Waals surface area contributed by atoms with Crippen LogP contribution in [0, 0.1) is 47.3 Å². The summed E-state index contributed by atoms with van der Waals surface area (Å²) in [7, 11) is 0. The minimum absolute atomic E-state index is 0.217. The molecule has 222 valence electrons. The average Bonchev–Trinajstić information content (AvgIpc) is 2.98. The predicted molar refractivity (Wildman–Crippen MR) is 162 cm³/mol. The molecule has 4 aliphatic carbocycles. The lowest BCUT2D eigenvalue weighted by molar-refractivity contribution is -0.0635. The van der Waals surface area contributed by atoms with Gasteiger partial charge in [0.15, 0.2) is 0 Å². The summed E-state index contributed by atoms with van der Waals surface area (Å²) in [4.78, 5) is 0. The minimum Gasteiger partial charge on any atom is -0.376 e. The molecule has 2 unspecified atom stereocenters. The van der Waals surface area contributed by atoms with E-state index in [0.29, 0.717) is 0 Å². The molecule has 38 heavy (non-hydrogen) atoms. The zero-order chi connectivity index (χ0) is 26.7. The Morgan fingerprint density at radius 3 is 0.947 bits per heavy atom. The molecule has 0 saturated heterocycles. The summed E-state index contributed by atoms with van der Waals surface area (Å²) < 4.78 is 12.6. The van der Waals surface area contributed by atoms with Crippen LogP contribution in [0.3, 0.4) is 0 Å². The monoisotopic (exact) mass is 531 g/mol. The van der Waals surface area contributed by atoms with E-state index >= 15 is 0 Å². The van der Waals surface area contributed by atoms with E-state index in [1.54, 1.807) is 0 Å². The van der Waals surface area contributed by atoms with Crippen LogP contribution >= 0.6 is 0 Å². The topological polar surface area (TPSA) is 18.5 Å². The van der Waals surface area contributed by atoms with Gasteiger partial charge in [-0.05, 0) is 125 Å². The van der Waals surface area contributed by atoms with E-state index in [0.717, 1.165) is 60.6 Å². The molecule has 0 aliphatic heterocycles. The highest BCUT2D eigenvalue weighted by molar-refractivity contribution is 4.83. The molecule has 4 saturated carbocycles. The van der Waals surface area contributed by atoms with Crippen molar-refractivity contribution in [1.82, 2.24) is 0 Å². The van der Waals surface area contributed by atoms with Gasteiger partial charge in [0, 0.05) is 13.2 Å². The normalized spacial score (nSPS) is 38.5. The van der Waals surface area contributed by atoms with Crippen molar-refractivity contribution in [3.05, 3.63) is 0 Å². The van der Waals surface area contributed by atoms with Crippen LogP contribution in [0.2, 0.25) is 0 Å². The van der Waals surface area contributed by atoms with Crippen molar-refractivity contribution in [3.8, 4) is 0 Å². The van der Waals surface area contributed by atoms with Gasteiger partial charge in [-0.2, -0.15) is 0 Å². The first-order chi connectivity index (χ1) is 18.6. The molecule has 0 spiro atoms. The molecule has 0 aromatic heterocycles. The highest BCUT2D eigenvalue weighted by atomic mass is 16.5. The molecule has 0 bridgehead atoms. The van der Waals surface area contributed by atoms with Gasteiger partial charge in [0.1, 0.15) is 0 Å². The summed E-state index contributed by atoms with van der Waals surface area (Å²) in [6.45, 7) is 11.1. The van der Waals surface area contributed by atoms with Crippen LogP contribution in [0.4, 0.5) is 0 Å². The van der Waals surface area contributed by atoms with Gasteiger partial charge in [0.2, 0.25) is 0 Å². The fourth-order valence-electron chi connectivity index (χ4n) is 9.14. The molecule has 2 nitrogen and oxygen atoms in total. The second-order valence-corrected chi connectivity index (χ2v) is 14.7. The van der Waals surface area contributed by atoms with Crippen molar-refractivity contribution in [2.45, 2.75) is 168 Å². The van der Waals surface area contributed by atoms with Crippen molar-refractivity contribution in [2.75, 3.05) is 13.2 Å². The van der Waals surface area contributed by atoms with E-state index < -0.39 is 0 Å². The molecule has 0 radical (unpaired) electrons. The Labute approximate surface area is 238 Å². The van der Waals surface area contributed by atoms with Crippen molar-refractivity contribution >= 4 is 0 Å². The third kappa shape index (κ3) is 9.49. The maximum Gasteiger partial charge on any atom is 0.0805 e. The smallest absolute Gasteiger partial charge is 0.0805 e. The van der Waals surface area contributed by atoms with Gasteiger partial charge in [-0.25, -0.2) is 0 Å². The van der Waals surface area contributed by atoms with Crippen molar-refractivity contribution in [1.29, 1.82) is 0 Å². The lowest BCUT2D eigenvalue weighted by atomic mass is 9.68. The van der Waals surface area contributed by atoms with E-state index in [9.17, 15) is 0 Å². The van der Waals surface area contributed by atoms with Crippen LogP contribution in [0.15, 0.2) is 0 Å². The molecular formula is C36H66O2. The average molecular weight is 531 g/mol. The molecular weight excluding hydrogens is 464 g/mol. The Morgan fingerprint density at radius 1 is 0.421 bits per heavy atom. The van der Waals surface area contributed by atoms with E-state index in [2.05, 4.69) is 27.7 Å². The highest BCUT2D eigenvalue weighted by Gasteiger charge is 2.32. The van der Waals surface area contributed by atoms with Crippen LogP contribution in [0.5, 0.6) is 0 Å². The molecule has 4 rings (SSSR count). The third-order valence-corrected chi connectivity index (χ3v) is 12.5. The summed E-state index contributed by atoms with van der Waals surface area (Å²) in [5, 5.41) is 0. The largest absolute Gasteiger partial charge is 0.376 e. The quantitative estimate of drug-likeness (QED) is 0.236. The maximum atomic E-state index is 6.29. The van der Waals surface area contributed by atoms with Crippen molar-refractivity contribution < 1.29 is 9.47 Å². The molecule has 4 fully saturated rings. The first-order valence-electron chi connectivity index (χ1n) is 17.8. The van der Waals surface area contributed by atoms with Crippen LogP contribution in [-0.4, -0.2) is 25.4 Å². The van der Waals surface area contributed by atoms with E-state index in [1.165, 1.54) is 128 Å². The highest BCUT2D eigenvalue weighted by Crippen LogP contribution is 2.44. The summed E-state index contributed by atoms with van der Waals surface area (Å²) in [6.07, 6.45) is 29.6. The molecule has 0 heterocycles. The van der Waals surface area contributed by atoms with Crippen LogP contribution < -0.4 is 0 Å². The maximum absolute atomic E-state index is 6.29. The molecule has 2 atom stereocenters. The van der Waals surface area contributed by atoms with E-state index in [1.807, 2.05) is 0 Å². The predicted octanol–water partition coefficient (Wildman–Crippen LogP) is 10.6. The molecule has 0 aromatic carbocycles. The van der Waals surface area contributed by atoms with Crippen molar-refractivity contribution in [3.63, 3.8) is 0 Å². The number of hydrogen-bond acceptors (Lipinski definition) is 2. The lowest BCUT2D eigenvalue weighted by Crippen LogP contribution is -2.29. The van der Waals surface area contributed by atoms with Gasteiger partial charge in [-0.3, -0.25) is 0 Å². The Kier molecular flexibility index (Phi) is 13.3. The SMILES string of the molecule is CCC1CCC(C2CCC(CCOC(C)C(C)OCCC3CCC(C4CCC(CC)CC4)CC3)CC2)CC1. The van der Waals surface area contributed by atoms with E-state index in [4.69, 9.17) is 9.47 Å². The lowest BCUT2D eigenvalue weighted by Gasteiger charge is -2.38.